The Kier molecular flexibility index (Phi) is 5.52. The van der Waals surface area contributed by atoms with Crippen LogP contribution in [0.25, 0.3) is 21.6 Å². The van der Waals surface area contributed by atoms with Gasteiger partial charge in [-0.25, -0.2) is 9.18 Å². The van der Waals surface area contributed by atoms with Crippen LogP contribution in [0.4, 0.5) is 4.39 Å². The number of rotatable bonds is 5. The molecule has 0 N–H and O–H groups in total. The molecule has 0 saturated carbocycles. The van der Waals surface area contributed by atoms with Gasteiger partial charge in [0, 0.05) is 20.9 Å². The molecule has 0 bridgehead atoms. The molecular formula is C22H21FO2S. The lowest BCUT2D eigenvalue weighted by molar-refractivity contribution is 0.0526. The average molecular weight is 368 g/mol. The molecule has 0 unspecified atom stereocenters. The van der Waals surface area contributed by atoms with Crippen LogP contribution in [0.15, 0.2) is 54.6 Å². The van der Waals surface area contributed by atoms with Gasteiger partial charge < -0.3 is 4.74 Å². The largest absolute Gasteiger partial charge is 0.462 e. The molecule has 0 fully saturated rings. The summed E-state index contributed by atoms with van der Waals surface area (Å²) in [4.78, 5) is 14.6. The maximum Gasteiger partial charge on any atom is 0.339 e. The highest BCUT2D eigenvalue weighted by molar-refractivity contribution is 7.16. The van der Waals surface area contributed by atoms with Gasteiger partial charge in [-0.2, -0.15) is 0 Å². The van der Waals surface area contributed by atoms with Crippen molar-refractivity contribution < 1.29 is 13.9 Å². The Balaban J connectivity index is 2.37. The second-order valence-electron chi connectivity index (χ2n) is 6.27. The van der Waals surface area contributed by atoms with Crippen molar-refractivity contribution in [1.29, 1.82) is 0 Å². The van der Waals surface area contributed by atoms with E-state index >= 15 is 0 Å². The summed E-state index contributed by atoms with van der Waals surface area (Å²) < 4.78 is 20.0. The molecule has 26 heavy (non-hydrogen) atoms. The molecule has 1 heterocycles. The fraction of sp³-hybridized carbons (Fsp3) is 0.227. The Labute approximate surface area is 157 Å². The Morgan fingerprint density at radius 2 is 1.73 bits per heavy atom. The first-order valence-electron chi connectivity index (χ1n) is 8.68. The molecule has 0 saturated heterocycles. The molecule has 2 nitrogen and oxygen atoms in total. The molecule has 0 amide bonds. The van der Waals surface area contributed by atoms with E-state index in [1.54, 1.807) is 25.1 Å². The molecule has 0 aliphatic carbocycles. The molecule has 0 spiro atoms. The maximum atomic E-state index is 14.7. The predicted octanol–water partition coefficient (Wildman–Crippen LogP) is 6.52. The van der Waals surface area contributed by atoms with E-state index in [1.165, 1.54) is 17.4 Å². The number of carbonyl (C=O) groups excluding carboxylic acids is 1. The van der Waals surface area contributed by atoms with Crippen LogP contribution in [0.5, 0.6) is 0 Å². The molecule has 3 rings (SSSR count). The number of benzene rings is 2. The summed E-state index contributed by atoms with van der Waals surface area (Å²) in [5.41, 5.74) is 2.50. The van der Waals surface area contributed by atoms with Crippen LogP contribution < -0.4 is 0 Å². The van der Waals surface area contributed by atoms with E-state index in [0.29, 0.717) is 16.7 Å². The summed E-state index contributed by atoms with van der Waals surface area (Å²) in [6.45, 7) is 6.13. The lowest BCUT2D eigenvalue weighted by Gasteiger charge is -2.11. The predicted molar refractivity (Wildman–Crippen MR) is 105 cm³/mol. The van der Waals surface area contributed by atoms with Gasteiger partial charge in [0.05, 0.1) is 12.2 Å². The van der Waals surface area contributed by atoms with Crippen molar-refractivity contribution in [3.8, 4) is 21.6 Å². The van der Waals surface area contributed by atoms with E-state index in [1.807, 2.05) is 44.2 Å². The molecule has 134 valence electrons. The molecule has 4 heteroatoms. The van der Waals surface area contributed by atoms with Crippen molar-refractivity contribution in [2.45, 2.75) is 26.7 Å². The van der Waals surface area contributed by atoms with Crippen LogP contribution in [0.1, 0.15) is 41.9 Å². The minimum absolute atomic E-state index is 0.127. The van der Waals surface area contributed by atoms with Gasteiger partial charge in [-0.05, 0) is 24.5 Å². The number of esters is 1. The third-order valence-electron chi connectivity index (χ3n) is 4.12. The third-order valence-corrected chi connectivity index (χ3v) is 5.66. The van der Waals surface area contributed by atoms with E-state index in [4.69, 9.17) is 4.74 Å². The quantitative estimate of drug-likeness (QED) is 0.479. The van der Waals surface area contributed by atoms with Crippen LogP contribution in [-0.2, 0) is 4.74 Å². The highest BCUT2D eigenvalue weighted by Crippen LogP contribution is 2.46. The number of thiophene rings is 1. The van der Waals surface area contributed by atoms with E-state index in [9.17, 15) is 9.18 Å². The summed E-state index contributed by atoms with van der Waals surface area (Å²) in [7, 11) is 0. The van der Waals surface area contributed by atoms with Gasteiger partial charge in [0.1, 0.15) is 5.82 Å². The molecule has 0 radical (unpaired) electrons. The summed E-state index contributed by atoms with van der Waals surface area (Å²) >= 11 is 1.54. The van der Waals surface area contributed by atoms with Crippen molar-refractivity contribution in [3.63, 3.8) is 0 Å². The Morgan fingerprint density at radius 3 is 2.35 bits per heavy atom. The number of ether oxygens (including phenoxy) is 1. The minimum atomic E-state index is -0.395. The zero-order chi connectivity index (χ0) is 18.7. The topological polar surface area (TPSA) is 26.3 Å². The highest BCUT2D eigenvalue weighted by atomic mass is 32.1. The Bertz CT molecular complexity index is 913. The van der Waals surface area contributed by atoms with Gasteiger partial charge in [-0.1, -0.05) is 62.4 Å². The fourth-order valence-electron chi connectivity index (χ4n) is 2.97. The smallest absolute Gasteiger partial charge is 0.339 e. The summed E-state index contributed by atoms with van der Waals surface area (Å²) in [5.74, 6) is -0.612. The average Bonchev–Trinajstić information content (AvgIpc) is 3.04. The van der Waals surface area contributed by atoms with Gasteiger partial charge in [0.2, 0.25) is 0 Å². The first kappa shape index (κ1) is 18.3. The van der Waals surface area contributed by atoms with Crippen LogP contribution in [0.3, 0.4) is 0 Å². The Hall–Kier alpha value is -2.46. The van der Waals surface area contributed by atoms with E-state index < -0.39 is 5.97 Å². The van der Waals surface area contributed by atoms with E-state index in [-0.39, 0.29) is 18.3 Å². The van der Waals surface area contributed by atoms with Crippen molar-refractivity contribution in [1.82, 2.24) is 0 Å². The number of carbonyl (C=O) groups is 1. The van der Waals surface area contributed by atoms with Crippen LogP contribution >= 0.6 is 11.3 Å². The van der Waals surface area contributed by atoms with Crippen molar-refractivity contribution in [2.75, 3.05) is 6.61 Å². The maximum absolute atomic E-state index is 14.7. The molecule has 2 aromatic carbocycles. The van der Waals surface area contributed by atoms with Crippen molar-refractivity contribution in [2.24, 2.45) is 0 Å². The summed E-state index contributed by atoms with van der Waals surface area (Å²) in [6.07, 6.45) is 0. The summed E-state index contributed by atoms with van der Waals surface area (Å²) in [6, 6.07) is 16.4. The number of hydrogen-bond acceptors (Lipinski definition) is 3. The number of hydrogen-bond donors (Lipinski definition) is 0. The van der Waals surface area contributed by atoms with Gasteiger partial charge >= 0.3 is 5.97 Å². The zero-order valence-corrected chi connectivity index (χ0v) is 15.9. The number of halogens is 1. The lowest BCUT2D eigenvalue weighted by atomic mass is 9.94. The molecule has 0 atom stereocenters. The van der Waals surface area contributed by atoms with Crippen LogP contribution in [0, 0.1) is 5.82 Å². The second kappa shape index (κ2) is 7.83. The summed E-state index contributed by atoms with van der Waals surface area (Å²) in [5, 5.41) is 0. The molecular weight excluding hydrogens is 347 g/mol. The van der Waals surface area contributed by atoms with Gasteiger partial charge in [-0.3, -0.25) is 0 Å². The van der Waals surface area contributed by atoms with E-state index in [0.717, 1.165) is 15.3 Å². The van der Waals surface area contributed by atoms with Gasteiger partial charge in [0.15, 0.2) is 0 Å². The second-order valence-corrected chi connectivity index (χ2v) is 7.32. The van der Waals surface area contributed by atoms with Gasteiger partial charge in [0.25, 0.3) is 0 Å². The first-order valence-corrected chi connectivity index (χ1v) is 9.50. The van der Waals surface area contributed by atoms with Crippen molar-refractivity contribution >= 4 is 17.3 Å². The van der Waals surface area contributed by atoms with E-state index in [2.05, 4.69) is 0 Å². The van der Waals surface area contributed by atoms with Crippen LogP contribution in [-0.4, -0.2) is 12.6 Å². The third kappa shape index (κ3) is 3.42. The molecule has 3 aromatic rings. The molecule has 0 aliphatic rings. The molecule has 0 aliphatic heterocycles. The fourth-order valence-corrected chi connectivity index (χ4v) is 4.29. The van der Waals surface area contributed by atoms with Crippen molar-refractivity contribution in [3.05, 3.63) is 70.9 Å². The normalized spacial score (nSPS) is 11.0. The van der Waals surface area contributed by atoms with Gasteiger partial charge in [-0.15, -0.1) is 11.3 Å². The lowest BCUT2D eigenvalue weighted by Crippen LogP contribution is -2.08. The Morgan fingerprint density at radius 1 is 1.08 bits per heavy atom. The highest BCUT2D eigenvalue weighted by Gasteiger charge is 2.28. The molecule has 1 aromatic heterocycles. The monoisotopic (exact) mass is 368 g/mol. The zero-order valence-electron chi connectivity index (χ0n) is 15.1. The minimum Gasteiger partial charge on any atom is -0.462 e. The van der Waals surface area contributed by atoms with Crippen LogP contribution in [0.2, 0.25) is 0 Å². The standard InChI is InChI=1S/C22H21FO2S/c1-4-25-22(24)19-18(16-12-8-9-13-17(16)23)21(26-20(19)14(2)3)15-10-6-5-7-11-15/h5-14H,4H2,1-3H3. The SMILES string of the molecule is CCOC(=O)c1c(C(C)C)sc(-c2ccccc2)c1-c1ccccc1F. The first-order chi connectivity index (χ1) is 12.5.